The van der Waals surface area contributed by atoms with Gasteiger partial charge < -0.3 is 5.32 Å². The quantitative estimate of drug-likeness (QED) is 0.854. The number of benzene rings is 1. The highest BCUT2D eigenvalue weighted by molar-refractivity contribution is 6.31. The molecular formula is C13H15ClN2O2. The molecule has 0 aliphatic carbocycles. The van der Waals surface area contributed by atoms with E-state index in [2.05, 4.69) is 5.32 Å². The maximum atomic E-state index is 12.1. The van der Waals surface area contributed by atoms with Crippen LogP contribution in [0.1, 0.15) is 19.4 Å². The third-order valence-electron chi connectivity index (χ3n) is 3.01. The lowest BCUT2D eigenvalue weighted by Gasteiger charge is -2.15. The number of hydrogen-bond acceptors (Lipinski definition) is 2. The van der Waals surface area contributed by atoms with Gasteiger partial charge in [-0.1, -0.05) is 43.6 Å². The van der Waals surface area contributed by atoms with E-state index in [1.54, 1.807) is 6.07 Å². The number of urea groups is 1. The van der Waals surface area contributed by atoms with Crippen LogP contribution in [0.25, 0.3) is 0 Å². The van der Waals surface area contributed by atoms with Crippen LogP contribution in [-0.4, -0.2) is 22.9 Å². The first kappa shape index (κ1) is 12.9. The maximum Gasteiger partial charge on any atom is 0.325 e. The molecule has 0 aromatic heterocycles. The fraction of sp³-hybridized carbons (Fsp3) is 0.385. The van der Waals surface area contributed by atoms with E-state index in [4.69, 9.17) is 11.6 Å². The average molecular weight is 267 g/mol. The summed E-state index contributed by atoms with van der Waals surface area (Å²) in [7, 11) is 0. The summed E-state index contributed by atoms with van der Waals surface area (Å²) in [5, 5.41) is 3.25. The van der Waals surface area contributed by atoms with Gasteiger partial charge in [0, 0.05) is 5.02 Å². The molecule has 1 N–H and O–H groups in total. The third-order valence-corrected chi connectivity index (χ3v) is 3.38. The monoisotopic (exact) mass is 266 g/mol. The van der Waals surface area contributed by atoms with E-state index in [0.29, 0.717) is 5.02 Å². The Labute approximate surface area is 111 Å². The summed E-state index contributed by atoms with van der Waals surface area (Å²) in [5.74, 6) is -0.104. The largest absolute Gasteiger partial charge is 0.326 e. The predicted molar refractivity (Wildman–Crippen MR) is 69.2 cm³/mol. The Kier molecular flexibility index (Phi) is 3.57. The molecule has 0 bridgehead atoms. The van der Waals surface area contributed by atoms with E-state index in [-0.39, 0.29) is 24.4 Å². The molecule has 2 rings (SSSR count). The van der Waals surface area contributed by atoms with Crippen molar-refractivity contribution in [3.05, 3.63) is 34.9 Å². The molecule has 1 aliphatic rings. The zero-order valence-corrected chi connectivity index (χ0v) is 11.1. The van der Waals surface area contributed by atoms with Gasteiger partial charge in [-0.3, -0.25) is 9.69 Å². The van der Waals surface area contributed by atoms with Gasteiger partial charge in [-0.2, -0.15) is 0 Å². The first-order chi connectivity index (χ1) is 8.50. The van der Waals surface area contributed by atoms with Crippen molar-refractivity contribution in [2.45, 2.75) is 26.4 Å². The number of nitrogens with zero attached hydrogens (tertiary/aromatic N) is 1. The third kappa shape index (κ3) is 2.34. The Morgan fingerprint density at radius 3 is 2.56 bits per heavy atom. The standard InChI is InChI=1S/C13H15ClN2O2/c1-8(2)11-12(17)16(13(18)15-11)7-9-5-3-4-6-10(9)14/h3-6,8,11H,7H2,1-2H3,(H,15,18). The first-order valence-corrected chi connectivity index (χ1v) is 6.23. The maximum absolute atomic E-state index is 12.1. The van der Waals surface area contributed by atoms with Crippen molar-refractivity contribution < 1.29 is 9.59 Å². The van der Waals surface area contributed by atoms with Crippen LogP contribution in [-0.2, 0) is 11.3 Å². The molecule has 0 saturated carbocycles. The second-order valence-electron chi connectivity index (χ2n) is 4.69. The Morgan fingerprint density at radius 1 is 1.33 bits per heavy atom. The smallest absolute Gasteiger partial charge is 0.325 e. The van der Waals surface area contributed by atoms with Gasteiger partial charge in [0.1, 0.15) is 6.04 Å². The molecule has 1 aromatic rings. The Bertz CT molecular complexity index is 488. The lowest BCUT2D eigenvalue weighted by Crippen LogP contribution is -2.34. The van der Waals surface area contributed by atoms with Gasteiger partial charge in [0.15, 0.2) is 0 Å². The van der Waals surface area contributed by atoms with Gasteiger partial charge in [-0.25, -0.2) is 4.79 Å². The molecule has 96 valence electrons. The van der Waals surface area contributed by atoms with Crippen LogP contribution in [0, 0.1) is 5.92 Å². The van der Waals surface area contributed by atoms with Crippen LogP contribution in [0.4, 0.5) is 4.79 Å². The lowest BCUT2D eigenvalue weighted by atomic mass is 10.0. The molecule has 1 aliphatic heterocycles. The van der Waals surface area contributed by atoms with Crippen LogP contribution < -0.4 is 5.32 Å². The Balaban J connectivity index is 2.18. The van der Waals surface area contributed by atoms with Crippen molar-refractivity contribution in [2.75, 3.05) is 0 Å². The van der Waals surface area contributed by atoms with Gasteiger partial charge >= 0.3 is 6.03 Å². The fourth-order valence-corrected chi connectivity index (χ4v) is 2.13. The normalized spacial score (nSPS) is 19.6. The summed E-state index contributed by atoms with van der Waals surface area (Å²) < 4.78 is 0. The highest BCUT2D eigenvalue weighted by Gasteiger charge is 2.39. The molecule has 0 spiro atoms. The number of carbonyl (C=O) groups excluding carboxylic acids is 2. The molecule has 3 amide bonds. The Morgan fingerprint density at radius 2 is 2.00 bits per heavy atom. The average Bonchev–Trinajstić information content (AvgIpc) is 2.60. The molecule has 1 saturated heterocycles. The van der Waals surface area contributed by atoms with E-state index < -0.39 is 6.04 Å². The molecule has 1 atom stereocenters. The molecular weight excluding hydrogens is 252 g/mol. The van der Waals surface area contributed by atoms with Gasteiger partial charge in [0.25, 0.3) is 5.91 Å². The van der Waals surface area contributed by atoms with Crippen molar-refractivity contribution in [3.8, 4) is 0 Å². The van der Waals surface area contributed by atoms with Crippen molar-refractivity contribution in [1.29, 1.82) is 0 Å². The molecule has 1 fully saturated rings. The SMILES string of the molecule is CC(C)C1NC(=O)N(Cc2ccccc2Cl)C1=O. The molecule has 18 heavy (non-hydrogen) atoms. The van der Waals surface area contributed by atoms with Crippen LogP contribution in [0.5, 0.6) is 0 Å². The predicted octanol–water partition coefficient (Wildman–Crippen LogP) is 2.42. The van der Waals surface area contributed by atoms with Crippen molar-refractivity contribution in [2.24, 2.45) is 5.92 Å². The van der Waals surface area contributed by atoms with Gasteiger partial charge in [0.05, 0.1) is 6.54 Å². The molecule has 1 unspecified atom stereocenters. The Hall–Kier alpha value is -1.55. The minimum absolute atomic E-state index is 0.0812. The summed E-state index contributed by atoms with van der Waals surface area (Å²) in [6.07, 6.45) is 0. The van der Waals surface area contributed by atoms with Crippen molar-refractivity contribution in [1.82, 2.24) is 10.2 Å². The zero-order chi connectivity index (χ0) is 13.3. The number of carbonyl (C=O) groups is 2. The van der Waals surface area contributed by atoms with E-state index in [1.165, 1.54) is 4.90 Å². The van der Waals surface area contributed by atoms with E-state index >= 15 is 0 Å². The van der Waals surface area contributed by atoms with Crippen LogP contribution in [0.15, 0.2) is 24.3 Å². The van der Waals surface area contributed by atoms with E-state index in [1.807, 2.05) is 32.0 Å². The highest BCUT2D eigenvalue weighted by Crippen LogP contribution is 2.21. The highest BCUT2D eigenvalue weighted by atomic mass is 35.5. The molecule has 1 heterocycles. The molecule has 5 heteroatoms. The molecule has 1 aromatic carbocycles. The number of nitrogens with one attached hydrogen (secondary N) is 1. The summed E-state index contributed by atoms with van der Waals surface area (Å²) in [5.41, 5.74) is 0.770. The second-order valence-corrected chi connectivity index (χ2v) is 5.09. The number of rotatable bonds is 3. The van der Waals surface area contributed by atoms with Crippen LogP contribution in [0.3, 0.4) is 0 Å². The van der Waals surface area contributed by atoms with Gasteiger partial charge in [-0.15, -0.1) is 0 Å². The minimum Gasteiger partial charge on any atom is -0.326 e. The molecule has 4 nitrogen and oxygen atoms in total. The summed E-state index contributed by atoms with van der Waals surface area (Å²) in [4.78, 5) is 25.1. The van der Waals surface area contributed by atoms with Crippen LogP contribution >= 0.6 is 11.6 Å². The van der Waals surface area contributed by atoms with Gasteiger partial charge in [0.2, 0.25) is 0 Å². The first-order valence-electron chi connectivity index (χ1n) is 5.86. The minimum atomic E-state index is -0.431. The number of hydrogen-bond donors (Lipinski definition) is 1. The molecule has 0 radical (unpaired) electrons. The zero-order valence-electron chi connectivity index (χ0n) is 10.3. The van der Waals surface area contributed by atoms with Crippen molar-refractivity contribution >= 4 is 23.5 Å². The van der Waals surface area contributed by atoms with Gasteiger partial charge in [-0.05, 0) is 17.5 Å². The lowest BCUT2D eigenvalue weighted by molar-refractivity contribution is -0.128. The second kappa shape index (κ2) is 4.98. The van der Waals surface area contributed by atoms with Crippen LogP contribution in [0.2, 0.25) is 5.02 Å². The summed E-state index contributed by atoms with van der Waals surface area (Å²) in [6.45, 7) is 4.03. The van der Waals surface area contributed by atoms with Crippen molar-refractivity contribution in [3.63, 3.8) is 0 Å². The number of amides is 3. The summed E-state index contributed by atoms with van der Waals surface area (Å²) in [6, 6.07) is 6.42. The summed E-state index contributed by atoms with van der Waals surface area (Å²) >= 11 is 6.03. The number of imide groups is 1. The van der Waals surface area contributed by atoms with E-state index in [0.717, 1.165) is 5.56 Å². The number of halogens is 1. The van der Waals surface area contributed by atoms with E-state index in [9.17, 15) is 9.59 Å². The fourth-order valence-electron chi connectivity index (χ4n) is 1.94. The topological polar surface area (TPSA) is 49.4 Å².